The molecule has 1 atom stereocenters. The molecule has 6 heteroatoms. The van der Waals surface area contributed by atoms with Crippen LogP contribution in [-0.2, 0) is 13.0 Å². The molecule has 1 fully saturated rings. The van der Waals surface area contributed by atoms with Gasteiger partial charge < -0.3 is 20.1 Å². The van der Waals surface area contributed by atoms with Crippen molar-refractivity contribution in [2.75, 3.05) is 38.1 Å². The van der Waals surface area contributed by atoms with E-state index >= 15 is 0 Å². The van der Waals surface area contributed by atoms with E-state index < -0.39 is 0 Å². The van der Waals surface area contributed by atoms with Crippen molar-refractivity contribution >= 4 is 16.7 Å². The molecule has 0 saturated carbocycles. The Morgan fingerprint density at radius 3 is 2.74 bits per heavy atom. The van der Waals surface area contributed by atoms with Crippen LogP contribution in [0.3, 0.4) is 0 Å². The van der Waals surface area contributed by atoms with Crippen LogP contribution < -0.4 is 10.2 Å². The van der Waals surface area contributed by atoms with E-state index in [9.17, 15) is 0 Å². The number of nitrogens with zero attached hydrogens (tertiary/aromatic N) is 4. The van der Waals surface area contributed by atoms with Crippen molar-refractivity contribution in [1.29, 1.82) is 0 Å². The molecular weight excluding hydrogens is 384 g/mol. The van der Waals surface area contributed by atoms with Crippen molar-refractivity contribution in [2.45, 2.75) is 51.6 Å². The number of piperazine rings is 1. The first kappa shape index (κ1) is 20.5. The number of pyridine rings is 1. The maximum atomic E-state index is 5.03. The maximum Gasteiger partial charge on any atom is 0.121 e. The third-order valence-electron chi connectivity index (χ3n) is 6.79. The van der Waals surface area contributed by atoms with Crippen molar-refractivity contribution < 1.29 is 0 Å². The highest BCUT2D eigenvalue weighted by Gasteiger charge is 2.23. The van der Waals surface area contributed by atoms with Gasteiger partial charge >= 0.3 is 0 Å². The minimum atomic E-state index is 0.299. The van der Waals surface area contributed by atoms with Crippen LogP contribution in [0.5, 0.6) is 0 Å². The molecular formula is C25H34N6. The normalized spacial score (nSPS) is 19.9. The van der Waals surface area contributed by atoms with Crippen molar-refractivity contribution in [2.24, 2.45) is 0 Å². The van der Waals surface area contributed by atoms with Crippen molar-refractivity contribution in [3.05, 3.63) is 53.1 Å². The minimum absolute atomic E-state index is 0.299. The SMILES string of the molecule is CC(C)c1ccc2c(n1)C(NCc1nc3c(N4CCN(C)CC4)cccc3[nH]1)CCC2. The number of anilines is 1. The van der Waals surface area contributed by atoms with Gasteiger partial charge in [-0.15, -0.1) is 0 Å². The van der Waals surface area contributed by atoms with E-state index in [4.69, 9.17) is 9.97 Å². The molecule has 0 amide bonds. The van der Waals surface area contributed by atoms with Gasteiger partial charge in [-0.2, -0.15) is 0 Å². The second-order valence-electron chi connectivity index (χ2n) is 9.41. The highest BCUT2D eigenvalue weighted by atomic mass is 15.3. The monoisotopic (exact) mass is 418 g/mol. The van der Waals surface area contributed by atoms with Gasteiger partial charge in [-0.25, -0.2) is 4.98 Å². The Labute approximate surface area is 185 Å². The molecule has 5 rings (SSSR count). The lowest BCUT2D eigenvalue weighted by atomic mass is 9.91. The fourth-order valence-electron chi connectivity index (χ4n) is 4.86. The molecule has 2 N–H and O–H groups in total. The summed E-state index contributed by atoms with van der Waals surface area (Å²) >= 11 is 0. The Bertz CT molecular complexity index is 1050. The van der Waals surface area contributed by atoms with Crippen LogP contribution in [0.2, 0.25) is 0 Å². The van der Waals surface area contributed by atoms with Crippen molar-refractivity contribution in [1.82, 2.24) is 25.2 Å². The summed E-state index contributed by atoms with van der Waals surface area (Å²) in [6.07, 6.45) is 3.48. The molecule has 31 heavy (non-hydrogen) atoms. The van der Waals surface area contributed by atoms with Crippen LogP contribution in [0.25, 0.3) is 11.0 Å². The Hall–Kier alpha value is -2.44. The number of aromatic nitrogens is 3. The molecule has 1 aliphatic carbocycles. The van der Waals surface area contributed by atoms with E-state index in [2.05, 4.69) is 71.3 Å². The number of benzene rings is 1. The van der Waals surface area contributed by atoms with Crippen LogP contribution in [-0.4, -0.2) is 53.1 Å². The number of hydrogen-bond acceptors (Lipinski definition) is 5. The van der Waals surface area contributed by atoms with E-state index in [1.807, 2.05) is 0 Å². The summed E-state index contributed by atoms with van der Waals surface area (Å²) in [4.78, 5) is 18.4. The van der Waals surface area contributed by atoms with Crippen LogP contribution >= 0.6 is 0 Å². The van der Waals surface area contributed by atoms with E-state index in [1.54, 1.807) is 0 Å². The lowest BCUT2D eigenvalue weighted by molar-refractivity contribution is 0.313. The lowest BCUT2D eigenvalue weighted by Gasteiger charge is -2.34. The summed E-state index contributed by atoms with van der Waals surface area (Å²) in [5.74, 6) is 1.46. The van der Waals surface area contributed by atoms with E-state index in [0.717, 1.165) is 62.4 Å². The van der Waals surface area contributed by atoms with Gasteiger partial charge in [0.1, 0.15) is 11.3 Å². The second-order valence-corrected chi connectivity index (χ2v) is 9.41. The van der Waals surface area contributed by atoms with Gasteiger partial charge in [-0.05, 0) is 56.0 Å². The first-order valence-corrected chi connectivity index (χ1v) is 11.7. The quantitative estimate of drug-likeness (QED) is 0.656. The van der Waals surface area contributed by atoms with E-state index in [1.165, 1.54) is 29.1 Å². The average Bonchev–Trinajstić information content (AvgIpc) is 3.21. The largest absolute Gasteiger partial charge is 0.367 e. The lowest BCUT2D eigenvalue weighted by Crippen LogP contribution is -2.44. The van der Waals surface area contributed by atoms with Crippen LogP contribution in [0.4, 0.5) is 5.69 Å². The summed E-state index contributed by atoms with van der Waals surface area (Å²) in [5.41, 5.74) is 7.29. The topological polar surface area (TPSA) is 60.1 Å². The zero-order chi connectivity index (χ0) is 21.4. The molecule has 1 aliphatic heterocycles. The minimum Gasteiger partial charge on any atom is -0.367 e. The van der Waals surface area contributed by atoms with Gasteiger partial charge in [0, 0.05) is 31.9 Å². The number of para-hydroxylation sites is 1. The van der Waals surface area contributed by atoms with Crippen LogP contribution in [0, 0.1) is 0 Å². The summed E-state index contributed by atoms with van der Waals surface area (Å²) in [6.45, 7) is 9.47. The van der Waals surface area contributed by atoms with Crippen LogP contribution in [0.15, 0.2) is 30.3 Å². The molecule has 164 valence electrons. The molecule has 3 heterocycles. The molecule has 0 bridgehead atoms. The summed E-state index contributed by atoms with van der Waals surface area (Å²) in [6, 6.07) is 11.3. The Morgan fingerprint density at radius 2 is 1.94 bits per heavy atom. The first-order chi connectivity index (χ1) is 15.1. The smallest absolute Gasteiger partial charge is 0.121 e. The number of fused-ring (bicyclic) bond motifs is 2. The fraction of sp³-hybridized carbons (Fsp3) is 0.520. The Morgan fingerprint density at radius 1 is 1.10 bits per heavy atom. The number of rotatable bonds is 5. The number of nitrogens with one attached hydrogen (secondary N) is 2. The standard InChI is InChI=1S/C25H34N6/c1-17(2)19-11-10-18-6-4-7-20(24(18)28-19)26-16-23-27-21-8-5-9-22(25(21)29-23)31-14-12-30(3)13-15-31/h5,8-11,17,20,26H,4,6-7,12-16H2,1-3H3,(H,27,29). The molecule has 3 aromatic rings. The molecule has 6 nitrogen and oxygen atoms in total. The number of imidazole rings is 1. The summed E-state index contributed by atoms with van der Waals surface area (Å²) < 4.78 is 0. The number of hydrogen-bond donors (Lipinski definition) is 2. The van der Waals surface area contributed by atoms with E-state index in [-0.39, 0.29) is 0 Å². The third-order valence-corrected chi connectivity index (χ3v) is 6.79. The molecule has 0 spiro atoms. The van der Waals surface area contributed by atoms with Gasteiger partial charge in [0.05, 0.1) is 29.5 Å². The molecule has 1 saturated heterocycles. The van der Waals surface area contributed by atoms with Crippen LogP contribution in [0.1, 0.15) is 61.4 Å². The second kappa shape index (κ2) is 8.60. The predicted octanol–water partition coefficient (Wildman–Crippen LogP) is 4.00. The predicted molar refractivity (Wildman–Crippen MR) is 127 cm³/mol. The van der Waals surface area contributed by atoms with Crippen molar-refractivity contribution in [3.8, 4) is 0 Å². The molecule has 2 aromatic heterocycles. The Kier molecular flexibility index (Phi) is 5.67. The van der Waals surface area contributed by atoms with Gasteiger partial charge in [0.15, 0.2) is 0 Å². The summed E-state index contributed by atoms with van der Waals surface area (Å²) in [7, 11) is 2.19. The molecule has 1 aromatic carbocycles. The van der Waals surface area contributed by atoms with Gasteiger partial charge in [0.2, 0.25) is 0 Å². The van der Waals surface area contributed by atoms with Gasteiger partial charge in [-0.3, -0.25) is 4.98 Å². The average molecular weight is 419 g/mol. The van der Waals surface area contributed by atoms with E-state index in [0.29, 0.717) is 12.0 Å². The highest BCUT2D eigenvalue weighted by Crippen LogP contribution is 2.30. The Balaban J connectivity index is 1.34. The van der Waals surface area contributed by atoms with Gasteiger partial charge in [-0.1, -0.05) is 26.0 Å². The number of aromatic amines is 1. The fourth-order valence-corrected chi connectivity index (χ4v) is 4.86. The highest BCUT2D eigenvalue weighted by molar-refractivity contribution is 5.89. The molecule has 1 unspecified atom stereocenters. The van der Waals surface area contributed by atoms with Gasteiger partial charge in [0.25, 0.3) is 0 Å². The zero-order valence-corrected chi connectivity index (χ0v) is 19.0. The maximum absolute atomic E-state index is 5.03. The number of H-pyrrole nitrogens is 1. The number of aryl methyl sites for hydroxylation is 1. The first-order valence-electron chi connectivity index (χ1n) is 11.7. The number of likely N-dealkylation sites (N-methyl/N-ethyl adjacent to an activating group) is 1. The molecule has 0 radical (unpaired) electrons. The summed E-state index contributed by atoms with van der Waals surface area (Å²) in [5, 5.41) is 3.75. The zero-order valence-electron chi connectivity index (χ0n) is 19.0. The van der Waals surface area contributed by atoms with Crippen molar-refractivity contribution in [3.63, 3.8) is 0 Å². The molecule has 2 aliphatic rings. The third kappa shape index (κ3) is 4.19.